The summed E-state index contributed by atoms with van der Waals surface area (Å²) in [6, 6.07) is 12.2. The highest BCUT2D eigenvalue weighted by molar-refractivity contribution is 6.00. The van der Waals surface area contributed by atoms with Gasteiger partial charge in [0, 0.05) is 37.5 Å². The Balaban J connectivity index is 1.25. The molecule has 3 amide bonds. The maximum Gasteiger partial charge on any atom is 0.262 e. The molecule has 2 aliphatic rings. The van der Waals surface area contributed by atoms with E-state index in [2.05, 4.69) is 10.6 Å². The first kappa shape index (κ1) is 22.7. The first-order valence-corrected chi connectivity index (χ1v) is 11.0. The molecule has 0 aliphatic carbocycles. The van der Waals surface area contributed by atoms with Crippen LogP contribution in [-0.4, -0.2) is 50.1 Å². The summed E-state index contributed by atoms with van der Waals surface area (Å²) >= 11 is 0. The van der Waals surface area contributed by atoms with Crippen molar-refractivity contribution < 1.29 is 28.2 Å². The first-order chi connectivity index (χ1) is 16.0. The average Bonchev–Trinajstić information content (AvgIpc) is 3.48. The van der Waals surface area contributed by atoms with Crippen molar-refractivity contribution in [2.75, 3.05) is 36.5 Å². The minimum Gasteiger partial charge on any atom is -0.484 e. The van der Waals surface area contributed by atoms with E-state index in [1.165, 1.54) is 24.3 Å². The van der Waals surface area contributed by atoms with Crippen molar-refractivity contribution in [2.45, 2.75) is 25.4 Å². The Kier molecular flexibility index (Phi) is 7.19. The lowest BCUT2D eigenvalue weighted by Gasteiger charge is -2.18. The van der Waals surface area contributed by atoms with Gasteiger partial charge < -0.3 is 25.0 Å². The summed E-state index contributed by atoms with van der Waals surface area (Å²) in [5, 5.41) is 5.51. The van der Waals surface area contributed by atoms with Gasteiger partial charge in [-0.25, -0.2) is 4.39 Å². The number of hydrogen-bond donors (Lipinski definition) is 2. The van der Waals surface area contributed by atoms with Crippen LogP contribution < -0.4 is 20.3 Å². The standard InChI is InChI=1S/C24H26FN3O5/c25-17-3-5-18(6-4-17)27-22(29)15-33-20-9-7-19(8-10-20)28-14-16(12-23(28)30)24(31)26-13-21-2-1-11-32-21/h3-10,16,21H,1-2,11-15H2,(H,26,31)(H,27,29)/t16-,21-/m1/s1. The SMILES string of the molecule is O=C(COc1ccc(N2C[C@H](C(=O)NC[C@H]3CCCO3)CC2=O)cc1)Nc1ccc(F)cc1. The van der Waals surface area contributed by atoms with E-state index < -0.39 is 5.92 Å². The zero-order valence-corrected chi connectivity index (χ0v) is 18.1. The summed E-state index contributed by atoms with van der Waals surface area (Å²) in [5.41, 5.74) is 1.14. The number of carbonyl (C=O) groups excluding carboxylic acids is 3. The summed E-state index contributed by atoms with van der Waals surface area (Å²) in [5.74, 6) is -0.938. The van der Waals surface area contributed by atoms with E-state index in [-0.39, 0.29) is 42.7 Å². The molecule has 2 atom stereocenters. The second-order valence-electron chi connectivity index (χ2n) is 8.12. The third-order valence-corrected chi connectivity index (χ3v) is 5.67. The van der Waals surface area contributed by atoms with Crippen LogP contribution in [0, 0.1) is 11.7 Å². The lowest BCUT2D eigenvalue weighted by Crippen LogP contribution is -2.37. The van der Waals surface area contributed by atoms with E-state index >= 15 is 0 Å². The van der Waals surface area contributed by atoms with Gasteiger partial charge in [0.2, 0.25) is 11.8 Å². The van der Waals surface area contributed by atoms with Crippen molar-refractivity contribution in [2.24, 2.45) is 5.92 Å². The van der Waals surface area contributed by atoms with Crippen molar-refractivity contribution in [3.05, 3.63) is 54.3 Å². The number of rotatable bonds is 8. The van der Waals surface area contributed by atoms with E-state index in [0.717, 1.165) is 19.4 Å². The van der Waals surface area contributed by atoms with Gasteiger partial charge in [0.15, 0.2) is 6.61 Å². The molecule has 2 aromatic rings. The Morgan fingerprint density at radius 3 is 2.58 bits per heavy atom. The topological polar surface area (TPSA) is 97.0 Å². The first-order valence-electron chi connectivity index (χ1n) is 11.0. The molecule has 0 radical (unpaired) electrons. The number of nitrogens with one attached hydrogen (secondary N) is 2. The summed E-state index contributed by atoms with van der Waals surface area (Å²) in [7, 11) is 0. The van der Waals surface area contributed by atoms with E-state index in [1.54, 1.807) is 29.2 Å². The maximum absolute atomic E-state index is 12.9. The Morgan fingerprint density at radius 1 is 1.12 bits per heavy atom. The molecule has 2 fully saturated rings. The molecule has 2 aromatic carbocycles. The van der Waals surface area contributed by atoms with E-state index in [9.17, 15) is 18.8 Å². The van der Waals surface area contributed by atoms with Gasteiger partial charge in [0.25, 0.3) is 5.91 Å². The number of anilines is 2. The number of hydrogen-bond acceptors (Lipinski definition) is 5. The molecular weight excluding hydrogens is 429 g/mol. The lowest BCUT2D eigenvalue weighted by molar-refractivity contribution is -0.126. The lowest BCUT2D eigenvalue weighted by atomic mass is 10.1. The summed E-state index contributed by atoms with van der Waals surface area (Å²) in [6.45, 7) is 1.31. The molecule has 2 saturated heterocycles. The molecule has 9 heteroatoms. The van der Waals surface area contributed by atoms with Crippen molar-refractivity contribution >= 4 is 29.1 Å². The summed E-state index contributed by atoms with van der Waals surface area (Å²) in [6.07, 6.45) is 2.18. The Hall–Kier alpha value is -3.46. The van der Waals surface area contributed by atoms with Gasteiger partial charge in [-0.3, -0.25) is 14.4 Å². The Bertz CT molecular complexity index is 990. The van der Waals surface area contributed by atoms with Crippen molar-refractivity contribution in [1.82, 2.24) is 5.32 Å². The maximum atomic E-state index is 12.9. The van der Waals surface area contributed by atoms with Crippen LogP contribution in [0.4, 0.5) is 15.8 Å². The number of nitrogens with zero attached hydrogens (tertiary/aromatic N) is 1. The van der Waals surface area contributed by atoms with Gasteiger partial charge in [-0.05, 0) is 61.4 Å². The molecule has 4 rings (SSSR count). The van der Waals surface area contributed by atoms with E-state index in [0.29, 0.717) is 30.2 Å². The molecule has 0 aromatic heterocycles. The number of benzene rings is 2. The van der Waals surface area contributed by atoms with Crippen LogP contribution >= 0.6 is 0 Å². The quantitative estimate of drug-likeness (QED) is 0.638. The summed E-state index contributed by atoms with van der Waals surface area (Å²) < 4.78 is 23.9. The third kappa shape index (κ3) is 6.07. The van der Waals surface area contributed by atoms with Crippen LogP contribution in [0.1, 0.15) is 19.3 Å². The summed E-state index contributed by atoms with van der Waals surface area (Å²) in [4.78, 5) is 38.5. The molecule has 2 heterocycles. The fourth-order valence-corrected chi connectivity index (χ4v) is 3.90. The van der Waals surface area contributed by atoms with Gasteiger partial charge in [0.05, 0.1) is 12.0 Å². The number of ether oxygens (including phenoxy) is 2. The molecule has 0 bridgehead atoms. The van der Waals surface area contributed by atoms with Gasteiger partial charge in [-0.1, -0.05) is 0 Å². The predicted molar refractivity (Wildman–Crippen MR) is 119 cm³/mol. The smallest absolute Gasteiger partial charge is 0.262 e. The minimum absolute atomic E-state index is 0.0625. The zero-order valence-electron chi connectivity index (χ0n) is 18.1. The Labute approximate surface area is 191 Å². The fraction of sp³-hybridized carbons (Fsp3) is 0.375. The van der Waals surface area contributed by atoms with Crippen molar-refractivity contribution in [3.8, 4) is 5.75 Å². The molecule has 33 heavy (non-hydrogen) atoms. The highest BCUT2D eigenvalue weighted by atomic mass is 19.1. The second-order valence-corrected chi connectivity index (χ2v) is 8.12. The van der Waals surface area contributed by atoms with Crippen LogP contribution in [0.2, 0.25) is 0 Å². The molecule has 174 valence electrons. The number of amides is 3. The monoisotopic (exact) mass is 455 g/mol. The van der Waals surface area contributed by atoms with Crippen molar-refractivity contribution in [1.29, 1.82) is 0 Å². The van der Waals surface area contributed by atoms with Crippen LogP contribution in [0.3, 0.4) is 0 Å². The molecule has 2 N–H and O–H groups in total. The predicted octanol–water partition coefficient (Wildman–Crippen LogP) is 2.49. The molecule has 8 nitrogen and oxygen atoms in total. The molecular formula is C24H26FN3O5. The van der Waals surface area contributed by atoms with Gasteiger partial charge >= 0.3 is 0 Å². The number of halogens is 1. The molecule has 2 aliphatic heterocycles. The van der Waals surface area contributed by atoms with Gasteiger partial charge in [0.1, 0.15) is 11.6 Å². The fourth-order valence-electron chi connectivity index (χ4n) is 3.90. The van der Waals surface area contributed by atoms with Crippen LogP contribution in [0.5, 0.6) is 5.75 Å². The molecule has 0 saturated carbocycles. The molecule has 0 unspecified atom stereocenters. The highest BCUT2D eigenvalue weighted by Gasteiger charge is 2.35. The normalized spacial score (nSPS) is 20.0. The van der Waals surface area contributed by atoms with E-state index in [1.807, 2.05) is 0 Å². The van der Waals surface area contributed by atoms with Crippen LogP contribution in [0.15, 0.2) is 48.5 Å². The van der Waals surface area contributed by atoms with Gasteiger partial charge in [-0.2, -0.15) is 0 Å². The highest BCUT2D eigenvalue weighted by Crippen LogP contribution is 2.27. The minimum atomic E-state index is -0.398. The largest absolute Gasteiger partial charge is 0.484 e. The van der Waals surface area contributed by atoms with Crippen LogP contribution in [-0.2, 0) is 19.1 Å². The average molecular weight is 455 g/mol. The third-order valence-electron chi connectivity index (χ3n) is 5.67. The van der Waals surface area contributed by atoms with Crippen LogP contribution in [0.25, 0.3) is 0 Å². The number of carbonyl (C=O) groups is 3. The molecule has 0 spiro atoms. The Morgan fingerprint density at radius 2 is 1.88 bits per heavy atom. The van der Waals surface area contributed by atoms with E-state index in [4.69, 9.17) is 9.47 Å². The van der Waals surface area contributed by atoms with Crippen molar-refractivity contribution in [3.63, 3.8) is 0 Å². The zero-order chi connectivity index (χ0) is 23.2. The van der Waals surface area contributed by atoms with Gasteiger partial charge in [-0.15, -0.1) is 0 Å². The second kappa shape index (κ2) is 10.4.